The normalized spacial score (nSPS) is 10.8. The summed E-state index contributed by atoms with van der Waals surface area (Å²) in [5, 5.41) is 9.30. The fourth-order valence-corrected chi connectivity index (χ4v) is 1.87. The zero-order valence-corrected chi connectivity index (χ0v) is 11.3. The topological polar surface area (TPSA) is 55.1 Å². The van der Waals surface area contributed by atoms with Crippen molar-refractivity contribution in [2.75, 3.05) is 14.2 Å². The number of rotatable bonds is 4. The van der Waals surface area contributed by atoms with Crippen LogP contribution in [-0.2, 0) is 0 Å². The van der Waals surface area contributed by atoms with Gasteiger partial charge in [-0.15, -0.1) is 0 Å². The van der Waals surface area contributed by atoms with Gasteiger partial charge in [-0.25, -0.2) is 0 Å². The van der Waals surface area contributed by atoms with E-state index < -0.39 is 0 Å². The third kappa shape index (κ3) is 2.78. The monoisotopic (exact) mass is 266 g/mol. The number of nitriles is 1. The van der Waals surface area contributed by atoms with Crippen molar-refractivity contribution in [3.63, 3.8) is 0 Å². The van der Waals surface area contributed by atoms with Crippen molar-refractivity contribution in [2.24, 2.45) is 0 Å². The summed E-state index contributed by atoms with van der Waals surface area (Å²) in [6.45, 7) is 0. The molecule has 20 heavy (non-hydrogen) atoms. The van der Waals surface area contributed by atoms with Crippen molar-refractivity contribution in [2.45, 2.75) is 0 Å². The highest BCUT2D eigenvalue weighted by molar-refractivity contribution is 5.89. The first-order valence-corrected chi connectivity index (χ1v) is 6.04. The number of hydrogen-bond donors (Lipinski definition) is 0. The van der Waals surface area contributed by atoms with E-state index in [1.54, 1.807) is 32.6 Å². The first-order valence-electron chi connectivity index (χ1n) is 6.04. The highest BCUT2D eigenvalue weighted by Crippen LogP contribution is 2.32. The van der Waals surface area contributed by atoms with Crippen LogP contribution in [-0.4, -0.2) is 19.2 Å². The molecule has 0 spiro atoms. The Balaban J connectivity index is 2.51. The Labute approximate surface area is 117 Å². The molecule has 0 saturated heterocycles. The van der Waals surface area contributed by atoms with Crippen molar-refractivity contribution in [1.29, 1.82) is 5.26 Å². The third-order valence-electron chi connectivity index (χ3n) is 2.79. The number of methoxy groups -OCH3 is 2. The first-order chi connectivity index (χ1) is 9.80. The van der Waals surface area contributed by atoms with Gasteiger partial charge in [-0.05, 0) is 24.3 Å². The molecule has 4 nitrogen and oxygen atoms in total. The average Bonchev–Trinajstić information content (AvgIpc) is 2.52. The fourth-order valence-electron chi connectivity index (χ4n) is 1.87. The van der Waals surface area contributed by atoms with E-state index >= 15 is 0 Å². The predicted molar refractivity (Wildman–Crippen MR) is 77.3 cm³/mol. The molecule has 100 valence electrons. The summed E-state index contributed by atoms with van der Waals surface area (Å²) in [7, 11) is 3.15. The number of nitrogens with zero attached hydrogens (tertiary/aromatic N) is 2. The van der Waals surface area contributed by atoms with Crippen LogP contribution in [0.2, 0.25) is 0 Å². The van der Waals surface area contributed by atoms with E-state index in [0.717, 1.165) is 5.56 Å². The number of ether oxygens (including phenoxy) is 2. The molecule has 0 aliphatic rings. The number of allylic oxidation sites excluding steroid dienone is 1. The van der Waals surface area contributed by atoms with Gasteiger partial charge < -0.3 is 9.47 Å². The molecule has 2 rings (SSSR count). The summed E-state index contributed by atoms with van der Waals surface area (Å²) in [6.07, 6.45) is 3.40. The van der Waals surface area contributed by atoms with Gasteiger partial charge in [0.1, 0.15) is 6.07 Å². The minimum atomic E-state index is 0.470. The van der Waals surface area contributed by atoms with E-state index in [1.807, 2.05) is 30.3 Å². The lowest BCUT2D eigenvalue weighted by atomic mass is 10.1. The number of pyridine rings is 1. The zero-order chi connectivity index (χ0) is 14.4. The van der Waals surface area contributed by atoms with Crippen LogP contribution < -0.4 is 9.47 Å². The summed E-state index contributed by atoms with van der Waals surface area (Å²) >= 11 is 0. The summed E-state index contributed by atoms with van der Waals surface area (Å²) in [5.41, 5.74) is 1.87. The molecule has 0 saturated carbocycles. The van der Waals surface area contributed by atoms with E-state index in [-0.39, 0.29) is 0 Å². The number of para-hydroxylation sites is 1. The number of benzene rings is 1. The summed E-state index contributed by atoms with van der Waals surface area (Å²) in [6, 6.07) is 13.1. The van der Waals surface area contributed by atoms with Crippen molar-refractivity contribution < 1.29 is 9.47 Å². The maximum Gasteiger partial charge on any atom is 0.167 e. The molecule has 0 aliphatic heterocycles. The molecule has 2 aromatic rings. The molecule has 1 heterocycles. The molecule has 0 amide bonds. The van der Waals surface area contributed by atoms with E-state index in [4.69, 9.17) is 9.47 Å². The second-order valence-corrected chi connectivity index (χ2v) is 3.97. The van der Waals surface area contributed by atoms with Gasteiger partial charge in [0.05, 0.1) is 25.5 Å². The minimum absolute atomic E-state index is 0.470. The number of aromatic nitrogens is 1. The maximum absolute atomic E-state index is 9.30. The number of hydrogen-bond acceptors (Lipinski definition) is 4. The predicted octanol–water partition coefficient (Wildman–Crippen LogP) is 3.16. The zero-order valence-electron chi connectivity index (χ0n) is 11.3. The SMILES string of the molecule is COc1cccc(C=C(C#N)c2ccccn2)c1OC. The molecule has 0 radical (unpaired) electrons. The van der Waals surface area contributed by atoms with Crippen molar-refractivity contribution in [3.8, 4) is 17.6 Å². The lowest BCUT2D eigenvalue weighted by Crippen LogP contribution is -1.93. The summed E-state index contributed by atoms with van der Waals surface area (Å²) in [5.74, 6) is 1.22. The minimum Gasteiger partial charge on any atom is -0.493 e. The van der Waals surface area contributed by atoms with Crippen LogP contribution in [0.5, 0.6) is 11.5 Å². The molecule has 0 fully saturated rings. The molecule has 1 aromatic heterocycles. The third-order valence-corrected chi connectivity index (χ3v) is 2.79. The molecule has 0 aliphatic carbocycles. The Morgan fingerprint density at radius 1 is 1.15 bits per heavy atom. The molecule has 1 aromatic carbocycles. The fraction of sp³-hybridized carbons (Fsp3) is 0.125. The Kier molecular flexibility index (Phi) is 4.35. The van der Waals surface area contributed by atoms with Crippen LogP contribution >= 0.6 is 0 Å². The second-order valence-electron chi connectivity index (χ2n) is 3.97. The van der Waals surface area contributed by atoms with Gasteiger partial charge in [-0.2, -0.15) is 5.26 Å². The van der Waals surface area contributed by atoms with Crippen molar-refractivity contribution in [1.82, 2.24) is 4.98 Å². The van der Waals surface area contributed by atoms with Gasteiger partial charge in [0, 0.05) is 11.8 Å². The lowest BCUT2D eigenvalue weighted by molar-refractivity contribution is 0.354. The lowest BCUT2D eigenvalue weighted by Gasteiger charge is -2.10. The van der Waals surface area contributed by atoms with Gasteiger partial charge >= 0.3 is 0 Å². The van der Waals surface area contributed by atoms with Crippen LogP contribution in [0.15, 0.2) is 42.6 Å². The van der Waals surface area contributed by atoms with Gasteiger partial charge in [0.15, 0.2) is 11.5 Å². The van der Waals surface area contributed by atoms with Gasteiger partial charge in [0.2, 0.25) is 0 Å². The van der Waals surface area contributed by atoms with Crippen molar-refractivity contribution in [3.05, 3.63) is 53.9 Å². The average molecular weight is 266 g/mol. The Bertz CT molecular complexity index is 658. The molecular formula is C16H14N2O2. The molecule has 0 atom stereocenters. The highest BCUT2D eigenvalue weighted by Gasteiger charge is 2.09. The molecule has 0 N–H and O–H groups in total. The van der Waals surface area contributed by atoms with Gasteiger partial charge in [-0.3, -0.25) is 4.98 Å². The summed E-state index contributed by atoms with van der Waals surface area (Å²) < 4.78 is 10.6. The standard InChI is InChI=1S/C16H14N2O2/c1-19-15-8-5-6-12(16(15)20-2)10-13(11-17)14-7-3-4-9-18-14/h3-10H,1-2H3. The molecule has 0 unspecified atom stereocenters. The van der Waals surface area contributed by atoms with Crippen molar-refractivity contribution >= 4 is 11.6 Å². The Morgan fingerprint density at radius 3 is 2.60 bits per heavy atom. The molecular weight excluding hydrogens is 252 g/mol. The molecule has 0 bridgehead atoms. The smallest absolute Gasteiger partial charge is 0.167 e. The Morgan fingerprint density at radius 2 is 2.00 bits per heavy atom. The summed E-state index contributed by atoms with van der Waals surface area (Å²) in [4.78, 5) is 4.18. The van der Waals surface area contributed by atoms with E-state index in [9.17, 15) is 5.26 Å². The van der Waals surface area contributed by atoms with E-state index in [2.05, 4.69) is 11.1 Å². The van der Waals surface area contributed by atoms with Gasteiger partial charge in [0.25, 0.3) is 0 Å². The van der Waals surface area contributed by atoms with Crippen LogP contribution in [0.25, 0.3) is 11.6 Å². The van der Waals surface area contributed by atoms with Crippen LogP contribution in [0, 0.1) is 11.3 Å². The quantitative estimate of drug-likeness (QED) is 0.798. The highest BCUT2D eigenvalue weighted by atomic mass is 16.5. The van der Waals surface area contributed by atoms with E-state index in [0.29, 0.717) is 22.8 Å². The maximum atomic E-state index is 9.30. The molecule has 4 heteroatoms. The van der Waals surface area contributed by atoms with Crippen LogP contribution in [0.1, 0.15) is 11.3 Å². The Hall–Kier alpha value is -2.80. The first kappa shape index (κ1) is 13.6. The van der Waals surface area contributed by atoms with Crippen LogP contribution in [0.3, 0.4) is 0 Å². The second kappa shape index (κ2) is 6.39. The van der Waals surface area contributed by atoms with E-state index in [1.165, 1.54) is 0 Å². The largest absolute Gasteiger partial charge is 0.493 e. The van der Waals surface area contributed by atoms with Crippen LogP contribution in [0.4, 0.5) is 0 Å². The van der Waals surface area contributed by atoms with Gasteiger partial charge in [-0.1, -0.05) is 18.2 Å².